The van der Waals surface area contributed by atoms with E-state index in [1.807, 2.05) is 7.11 Å². The Kier molecular flexibility index (Phi) is 3.74. The largest absolute Gasteiger partial charge is 0.371 e. The second-order valence-corrected chi connectivity index (χ2v) is 6.72. The van der Waals surface area contributed by atoms with E-state index in [9.17, 15) is 0 Å². The van der Waals surface area contributed by atoms with E-state index in [-0.39, 0.29) is 5.60 Å². The minimum Gasteiger partial charge on any atom is -0.371 e. The molecule has 1 fully saturated rings. The summed E-state index contributed by atoms with van der Waals surface area (Å²) in [7, 11) is 1.81. The highest BCUT2D eigenvalue weighted by molar-refractivity contribution is 9.10. The maximum Gasteiger partial charge on any atom is 0.125 e. The molecule has 0 radical (unpaired) electrons. The first kappa shape index (κ1) is 13.3. The van der Waals surface area contributed by atoms with Crippen molar-refractivity contribution in [2.45, 2.75) is 31.3 Å². The minimum absolute atomic E-state index is 0.127. The smallest absolute Gasteiger partial charge is 0.125 e. The van der Waals surface area contributed by atoms with E-state index in [2.05, 4.69) is 45.6 Å². The predicted octanol–water partition coefficient (Wildman–Crippen LogP) is 4.99. The van der Waals surface area contributed by atoms with Crippen molar-refractivity contribution in [1.82, 2.24) is 4.98 Å². The monoisotopic (exact) mass is 337 g/mol. The van der Waals surface area contributed by atoms with Gasteiger partial charge in [0.15, 0.2) is 0 Å². The lowest BCUT2D eigenvalue weighted by Crippen LogP contribution is -2.24. The molecular weight excluding hydrogens is 322 g/mol. The number of benzene rings is 1. The van der Waals surface area contributed by atoms with Crippen LogP contribution in [0, 0.1) is 0 Å². The Labute approximate surface area is 126 Å². The Morgan fingerprint density at radius 1 is 1.21 bits per heavy atom. The standard InChI is InChI=1S/C15H16BrNOS/c1-18-15(8-2-3-9-15)14-17-13(10-19-14)11-4-6-12(16)7-5-11/h4-7,10H,2-3,8-9H2,1H3. The molecule has 0 spiro atoms. The maximum atomic E-state index is 5.79. The van der Waals surface area contributed by atoms with Crippen molar-refractivity contribution in [2.75, 3.05) is 7.11 Å². The number of methoxy groups -OCH3 is 1. The molecule has 0 unspecified atom stereocenters. The van der Waals surface area contributed by atoms with Crippen molar-refractivity contribution in [2.24, 2.45) is 0 Å². The predicted molar refractivity (Wildman–Crippen MR) is 82.4 cm³/mol. The summed E-state index contributed by atoms with van der Waals surface area (Å²) in [5.74, 6) is 0. The molecule has 1 aliphatic rings. The van der Waals surface area contributed by atoms with Crippen molar-refractivity contribution in [1.29, 1.82) is 0 Å². The van der Waals surface area contributed by atoms with Crippen molar-refractivity contribution >= 4 is 27.3 Å². The van der Waals surface area contributed by atoms with Gasteiger partial charge in [0.05, 0.1) is 5.69 Å². The van der Waals surface area contributed by atoms with Crippen LogP contribution in [0.4, 0.5) is 0 Å². The summed E-state index contributed by atoms with van der Waals surface area (Å²) in [5.41, 5.74) is 2.09. The van der Waals surface area contributed by atoms with Gasteiger partial charge in [-0.25, -0.2) is 4.98 Å². The molecule has 1 saturated carbocycles. The minimum atomic E-state index is -0.127. The number of nitrogens with zero attached hydrogens (tertiary/aromatic N) is 1. The zero-order valence-electron chi connectivity index (χ0n) is 10.9. The fourth-order valence-corrected chi connectivity index (χ4v) is 4.02. The molecule has 1 heterocycles. The first-order valence-corrected chi connectivity index (χ1v) is 8.18. The lowest BCUT2D eigenvalue weighted by Gasteiger charge is -2.24. The number of rotatable bonds is 3. The van der Waals surface area contributed by atoms with Crippen LogP contribution < -0.4 is 0 Å². The van der Waals surface area contributed by atoms with E-state index in [4.69, 9.17) is 9.72 Å². The average molecular weight is 338 g/mol. The van der Waals surface area contributed by atoms with Crippen LogP contribution in [0.25, 0.3) is 11.3 Å². The van der Waals surface area contributed by atoms with Gasteiger partial charge in [-0.05, 0) is 25.0 Å². The second-order valence-electron chi connectivity index (χ2n) is 4.95. The van der Waals surface area contributed by atoms with E-state index in [0.29, 0.717) is 0 Å². The van der Waals surface area contributed by atoms with Crippen LogP contribution in [-0.2, 0) is 10.3 Å². The van der Waals surface area contributed by atoms with Crippen molar-refractivity contribution < 1.29 is 4.74 Å². The number of thiazole rings is 1. The van der Waals surface area contributed by atoms with Gasteiger partial charge in [0.1, 0.15) is 10.6 Å². The molecule has 3 rings (SSSR count). The quantitative estimate of drug-likeness (QED) is 0.787. The zero-order chi connectivity index (χ0) is 13.3. The first-order valence-electron chi connectivity index (χ1n) is 6.51. The summed E-state index contributed by atoms with van der Waals surface area (Å²) in [5, 5.41) is 3.27. The number of ether oxygens (including phenoxy) is 1. The Balaban J connectivity index is 1.92. The molecule has 0 bridgehead atoms. The molecule has 1 aromatic carbocycles. The average Bonchev–Trinajstić information content (AvgIpc) is 3.09. The maximum absolute atomic E-state index is 5.79. The van der Waals surface area contributed by atoms with Gasteiger partial charge in [0.2, 0.25) is 0 Å². The summed E-state index contributed by atoms with van der Waals surface area (Å²) >= 11 is 5.18. The van der Waals surface area contributed by atoms with Crippen LogP contribution in [0.3, 0.4) is 0 Å². The van der Waals surface area contributed by atoms with Gasteiger partial charge in [-0.15, -0.1) is 11.3 Å². The summed E-state index contributed by atoms with van der Waals surface area (Å²) < 4.78 is 6.89. The zero-order valence-corrected chi connectivity index (χ0v) is 13.3. The highest BCUT2D eigenvalue weighted by Gasteiger charge is 2.38. The topological polar surface area (TPSA) is 22.1 Å². The lowest BCUT2D eigenvalue weighted by molar-refractivity contribution is -0.00879. The molecule has 1 aromatic heterocycles. The van der Waals surface area contributed by atoms with Crippen LogP contribution in [0.1, 0.15) is 30.7 Å². The number of aromatic nitrogens is 1. The Morgan fingerprint density at radius 2 is 1.89 bits per heavy atom. The van der Waals surface area contributed by atoms with Gasteiger partial charge in [-0.1, -0.05) is 40.9 Å². The molecule has 1 aliphatic carbocycles. The second kappa shape index (κ2) is 5.35. The molecule has 0 N–H and O–H groups in total. The van der Waals surface area contributed by atoms with E-state index in [1.54, 1.807) is 11.3 Å². The van der Waals surface area contributed by atoms with Crippen LogP contribution in [0.5, 0.6) is 0 Å². The van der Waals surface area contributed by atoms with Gasteiger partial charge >= 0.3 is 0 Å². The molecule has 0 saturated heterocycles. The third-order valence-corrected chi connectivity index (χ3v) is 5.39. The van der Waals surface area contributed by atoms with Gasteiger partial charge in [0.25, 0.3) is 0 Å². The SMILES string of the molecule is COC1(c2nc(-c3ccc(Br)cc3)cs2)CCCC1. The Hall–Kier alpha value is -0.710. The molecule has 0 aliphatic heterocycles. The van der Waals surface area contributed by atoms with Crippen molar-refractivity contribution in [3.8, 4) is 11.3 Å². The molecule has 2 aromatic rings. The molecule has 4 heteroatoms. The first-order chi connectivity index (χ1) is 9.23. The lowest BCUT2D eigenvalue weighted by atomic mass is 10.0. The van der Waals surface area contributed by atoms with Gasteiger partial charge in [-0.2, -0.15) is 0 Å². The summed E-state index contributed by atoms with van der Waals surface area (Å²) in [6.07, 6.45) is 4.66. The van der Waals surface area contributed by atoms with E-state index in [1.165, 1.54) is 12.8 Å². The van der Waals surface area contributed by atoms with E-state index >= 15 is 0 Å². The summed E-state index contributed by atoms with van der Waals surface area (Å²) in [6, 6.07) is 8.29. The molecule has 2 nitrogen and oxygen atoms in total. The molecule has 0 atom stereocenters. The normalized spacial score (nSPS) is 17.8. The van der Waals surface area contributed by atoms with Gasteiger partial charge in [0, 0.05) is 22.5 Å². The van der Waals surface area contributed by atoms with Gasteiger partial charge < -0.3 is 4.74 Å². The van der Waals surface area contributed by atoms with Crippen LogP contribution >= 0.6 is 27.3 Å². The van der Waals surface area contributed by atoms with E-state index < -0.39 is 0 Å². The number of halogens is 1. The van der Waals surface area contributed by atoms with Gasteiger partial charge in [-0.3, -0.25) is 0 Å². The van der Waals surface area contributed by atoms with Crippen molar-refractivity contribution in [3.63, 3.8) is 0 Å². The third-order valence-electron chi connectivity index (χ3n) is 3.84. The van der Waals surface area contributed by atoms with E-state index in [0.717, 1.165) is 33.6 Å². The van der Waals surface area contributed by atoms with Crippen LogP contribution in [0.2, 0.25) is 0 Å². The molecular formula is C15H16BrNOS. The van der Waals surface area contributed by atoms with Crippen LogP contribution in [0.15, 0.2) is 34.1 Å². The summed E-state index contributed by atoms with van der Waals surface area (Å²) in [6.45, 7) is 0. The van der Waals surface area contributed by atoms with Crippen LogP contribution in [-0.4, -0.2) is 12.1 Å². The Morgan fingerprint density at radius 3 is 2.53 bits per heavy atom. The summed E-state index contributed by atoms with van der Waals surface area (Å²) in [4.78, 5) is 4.81. The fourth-order valence-electron chi connectivity index (χ4n) is 2.69. The third kappa shape index (κ3) is 2.49. The number of hydrogen-bond donors (Lipinski definition) is 0. The number of hydrogen-bond acceptors (Lipinski definition) is 3. The molecule has 0 amide bonds. The highest BCUT2D eigenvalue weighted by atomic mass is 79.9. The fraction of sp³-hybridized carbons (Fsp3) is 0.400. The highest BCUT2D eigenvalue weighted by Crippen LogP contribution is 2.43. The molecule has 19 heavy (non-hydrogen) atoms. The van der Waals surface area contributed by atoms with Crippen molar-refractivity contribution in [3.05, 3.63) is 39.1 Å². The molecule has 100 valence electrons. The Bertz CT molecular complexity index is 558.